The van der Waals surface area contributed by atoms with Gasteiger partial charge < -0.3 is 16.0 Å². The van der Waals surface area contributed by atoms with Gasteiger partial charge in [0.25, 0.3) is 0 Å². The van der Waals surface area contributed by atoms with E-state index in [1.165, 1.54) is 11.8 Å². The first-order valence-corrected chi connectivity index (χ1v) is 10.8. The molecule has 1 heterocycles. The normalized spacial score (nSPS) is 19.2. The van der Waals surface area contributed by atoms with Gasteiger partial charge in [-0.2, -0.15) is 12.6 Å². The Hall–Kier alpha value is -1.82. The highest BCUT2D eigenvalue weighted by atomic mass is 32.1. The number of Topliss-reactive ketones (excluding diaryl/α,β-unsaturated/α-hetero) is 3. The fourth-order valence-electron chi connectivity index (χ4n) is 3.24. The Balaban J connectivity index is 2.81. The zero-order chi connectivity index (χ0) is 22.8. The summed E-state index contributed by atoms with van der Waals surface area (Å²) in [5.41, 5.74) is 10.7. The number of carbonyl (C=O) groups is 5. The van der Waals surface area contributed by atoms with E-state index in [1.54, 1.807) is 13.8 Å². The summed E-state index contributed by atoms with van der Waals surface area (Å²) >= 11 is 4.08. The summed E-state index contributed by atoms with van der Waals surface area (Å²) in [5.74, 6) is -1.31. The van der Waals surface area contributed by atoms with Crippen molar-refractivity contribution in [2.75, 3.05) is 18.8 Å². The number of carbonyl (C=O) groups excluding carboxylic acids is 5. The molecule has 0 aliphatic carbocycles. The maximum absolute atomic E-state index is 13.0. The van der Waals surface area contributed by atoms with Gasteiger partial charge in [-0.25, -0.2) is 10.9 Å². The van der Waals surface area contributed by atoms with Crippen LogP contribution in [0, 0.1) is 0 Å². The summed E-state index contributed by atoms with van der Waals surface area (Å²) in [6.45, 7) is 5.18. The molecular weight excluding hydrogens is 410 g/mol. The Bertz CT molecular complexity index is 659. The lowest BCUT2D eigenvalue weighted by Gasteiger charge is -2.29. The summed E-state index contributed by atoms with van der Waals surface area (Å²) in [7, 11) is 0. The summed E-state index contributed by atoms with van der Waals surface area (Å²) in [6, 6.07) is -2.75. The summed E-state index contributed by atoms with van der Waals surface area (Å²) in [6.07, 6.45) is 1.24. The minimum absolute atomic E-state index is 0.00293. The molecule has 0 spiro atoms. The van der Waals surface area contributed by atoms with E-state index in [1.807, 2.05) is 0 Å². The molecule has 1 aliphatic heterocycles. The van der Waals surface area contributed by atoms with Crippen LogP contribution in [0.5, 0.6) is 0 Å². The van der Waals surface area contributed by atoms with Crippen molar-refractivity contribution in [3.8, 4) is 0 Å². The number of likely N-dealkylation sites (tertiary alicyclic amines) is 1. The molecule has 1 saturated heterocycles. The predicted octanol–water partition coefficient (Wildman–Crippen LogP) is -1.27. The van der Waals surface area contributed by atoms with Crippen molar-refractivity contribution < 1.29 is 24.0 Å². The Morgan fingerprint density at radius 2 is 1.80 bits per heavy atom. The molecule has 0 unspecified atom stereocenters. The molecule has 30 heavy (non-hydrogen) atoms. The van der Waals surface area contributed by atoms with E-state index >= 15 is 0 Å². The lowest BCUT2D eigenvalue weighted by Crippen LogP contribution is -2.58. The number of rotatable bonds is 14. The van der Waals surface area contributed by atoms with Gasteiger partial charge in [-0.05, 0) is 26.7 Å². The first-order valence-electron chi connectivity index (χ1n) is 10.1. The van der Waals surface area contributed by atoms with Crippen LogP contribution in [0.25, 0.3) is 0 Å². The topological polar surface area (TPSA) is 151 Å². The highest BCUT2D eigenvalue weighted by Crippen LogP contribution is 2.20. The molecule has 0 aromatic carbocycles. The van der Waals surface area contributed by atoms with Crippen LogP contribution < -0.4 is 21.9 Å². The summed E-state index contributed by atoms with van der Waals surface area (Å²) in [4.78, 5) is 61.8. The second-order valence-electron chi connectivity index (χ2n) is 7.44. The van der Waals surface area contributed by atoms with E-state index in [0.717, 1.165) is 0 Å². The van der Waals surface area contributed by atoms with Gasteiger partial charge in [0.1, 0.15) is 17.6 Å². The Morgan fingerprint density at radius 3 is 2.33 bits per heavy atom. The van der Waals surface area contributed by atoms with E-state index in [-0.39, 0.29) is 36.1 Å². The van der Waals surface area contributed by atoms with Gasteiger partial charge in [-0.1, -0.05) is 6.92 Å². The largest absolute Gasteiger partial charge is 0.370 e. The lowest BCUT2D eigenvalue weighted by atomic mass is 10.1. The molecular formula is C19H33N5O5S. The van der Waals surface area contributed by atoms with Crippen LogP contribution in [-0.4, -0.2) is 77.1 Å². The highest BCUT2D eigenvalue weighted by Gasteiger charge is 2.37. The van der Waals surface area contributed by atoms with E-state index in [4.69, 9.17) is 5.73 Å². The third-order valence-electron chi connectivity index (χ3n) is 5.13. The molecule has 0 saturated carbocycles. The van der Waals surface area contributed by atoms with Crippen molar-refractivity contribution in [2.45, 2.75) is 70.6 Å². The Labute approximate surface area is 182 Å². The number of nitrogens with two attached hydrogens (primary N) is 1. The number of ketones is 3. The quantitative estimate of drug-likeness (QED) is 0.165. The van der Waals surface area contributed by atoms with Gasteiger partial charge in [-0.3, -0.25) is 24.0 Å². The van der Waals surface area contributed by atoms with Crippen LogP contribution in [0.3, 0.4) is 0 Å². The number of nitrogens with zero attached hydrogens (tertiary/aromatic N) is 1. The zero-order valence-corrected chi connectivity index (χ0v) is 18.7. The number of hydrogen-bond donors (Lipinski definition) is 5. The van der Waals surface area contributed by atoms with Gasteiger partial charge >= 0.3 is 0 Å². The summed E-state index contributed by atoms with van der Waals surface area (Å²) in [5, 5.41) is 2.91. The van der Waals surface area contributed by atoms with Crippen LogP contribution in [0.1, 0.15) is 46.5 Å². The number of primary amides is 1. The SMILES string of the molecule is CCC(=O)[C@H](C)NCC(=O)[C@@H]1CCCN1C(=O)[C@H](CC(N)=O)NN[C@@H](CS)C(C)=O. The van der Waals surface area contributed by atoms with Crippen LogP contribution >= 0.6 is 12.6 Å². The first-order chi connectivity index (χ1) is 14.1. The molecule has 0 radical (unpaired) electrons. The minimum Gasteiger partial charge on any atom is -0.370 e. The molecule has 1 fully saturated rings. The molecule has 170 valence electrons. The van der Waals surface area contributed by atoms with Crippen LogP contribution in [0.4, 0.5) is 0 Å². The number of hydrogen-bond acceptors (Lipinski definition) is 9. The molecule has 11 heteroatoms. The summed E-state index contributed by atoms with van der Waals surface area (Å²) < 4.78 is 0. The first kappa shape index (κ1) is 26.2. The van der Waals surface area contributed by atoms with Gasteiger partial charge in [0, 0.05) is 18.7 Å². The molecule has 4 atom stereocenters. The molecule has 0 bridgehead atoms. The second kappa shape index (κ2) is 12.8. The monoisotopic (exact) mass is 443 g/mol. The van der Waals surface area contributed by atoms with Crippen LogP contribution in [0.15, 0.2) is 0 Å². The fourth-order valence-corrected chi connectivity index (χ4v) is 3.58. The zero-order valence-electron chi connectivity index (χ0n) is 17.8. The van der Waals surface area contributed by atoms with Gasteiger partial charge in [-0.15, -0.1) is 0 Å². The van der Waals surface area contributed by atoms with Crippen molar-refractivity contribution in [2.24, 2.45) is 5.73 Å². The number of nitrogens with one attached hydrogen (secondary N) is 3. The maximum atomic E-state index is 13.0. The third-order valence-corrected chi connectivity index (χ3v) is 5.50. The van der Waals surface area contributed by atoms with E-state index in [0.29, 0.717) is 25.8 Å². The average Bonchev–Trinajstić information content (AvgIpc) is 3.19. The Kier molecular flexibility index (Phi) is 11.2. The fraction of sp³-hybridized carbons (Fsp3) is 0.737. The Morgan fingerprint density at radius 1 is 1.17 bits per heavy atom. The molecule has 10 nitrogen and oxygen atoms in total. The maximum Gasteiger partial charge on any atom is 0.242 e. The highest BCUT2D eigenvalue weighted by molar-refractivity contribution is 7.80. The van der Waals surface area contributed by atoms with E-state index in [9.17, 15) is 24.0 Å². The lowest BCUT2D eigenvalue weighted by molar-refractivity contribution is -0.140. The van der Waals surface area contributed by atoms with Gasteiger partial charge in [0.15, 0.2) is 5.78 Å². The van der Waals surface area contributed by atoms with Crippen molar-refractivity contribution >= 4 is 41.8 Å². The van der Waals surface area contributed by atoms with Crippen molar-refractivity contribution in [1.29, 1.82) is 0 Å². The smallest absolute Gasteiger partial charge is 0.242 e. The van der Waals surface area contributed by atoms with E-state index < -0.39 is 36.0 Å². The average molecular weight is 444 g/mol. The van der Waals surface area contributed by atoms with Crippen molar-refractivity contribution in [3.05, 3.63) is 0 Å². The van der Waals surface area contributed by atoms with E-state index in [2.05, 4.69) is 28.8 Å². The van der Waals surface area contributed by atoms with Gasteiger partial charge in [0.2, 0.25) is 11.8 Å². The van der Waals surface area contributed by atoms with Crippen molar-refractivity contribution in [3.63, 3.8) is 0 Å². The molecule has 1 aliphatic rings. The predicted molar refractivity (Wildman–Crippen MR) is 115 cm³/mol. The minimum atomic E-state index is -1.02. The molecule has 2 amide bonds. The molecule has 0 aromatic rings. The number of amides is 2. The molecule has 0 aromatic heterocycles. The van der Waals surface area contributed by atoms with Crippen LogP contribution in [-0.2, 0) is 24.0 Å². The molecule has 5 N–H and O–H groups in total. The second-order valence-corrected chi connectivity index (χ2v) is 7.80. The standard InChI is InChI=1S/C19H33N5O5S/c1-4-16(26)11(2)21-9-17(27)15-6-5-7-24(15)19(29)13(8-18(20)28)22-23-14(10-30)12(3)25/h11,13-15,21-23,30H,4-10H2,1-3H3,(H2,20,28)/t11-,13-,14-,15-/m0/s1. The number of thiol groups is 1. The van der Waals surface area contributed by atoms with Gasteiger partial charge in [0.05, 0.1) is 31.1 Å². The van der Waals surface area contributed by atoms with Crippen LogP contribution in [0.2, 0.25) is 0 Å². The van der Waals surface area contributed by atoms with Crippen molar-refractivity contribution in [1.82, 2.24) is 21.1 Å². The number of hydrazine groups is 1. The third kappa shape index (κ3) is 7.78. The molecule has 1 rings (SSSR count).